The van der Waals surface area contributed by atoms with E-state index < -0.39 is 6.04 Å². The summed E-state index contributed by atoms with van der Waals surface area (Å²) in [6.45, 7) is 0. The van der Waals surface area contributed by atoms with Crippen LogP contribution < -0.4 is 5.48 Å². The van der Waals surface area contributed by atoms with Crippen LogP contribution in [0.3, 0.4) is 0 Å². The molecule has 1 aromatic heterocycles. The van der Waals surface area contributed by atoms with Gasteiger partial charge in [-0.1, -0.05) is 24.4 Å². The van der Waals surface area contributed by atoms with Gasteiger partial charge >= 0.3 is 0 Å². The lowest BCUT2D eigenvalue weighted by Gasteiger charge is -2.05. The van der Waals surface area contributed by atoms with Crippen LogP contribution in [-0.4, -0.2) is 11.1 Å². The van der Waals surface area contributed by atoms with Gasteiger partial charge in [-0.25, -0.2) is 5.48 Å². The maximum absolute atomic E-state index is 10.7. The molecule has 0 aliphatic heterocycles. The Kier molecular flexibility index (Phi) is 6.71. The molecule has 0 saturated heterocycles. The maximum atomic E-state index is 10.7. The molecule has 0 spiro atoms. The predicted octanol–water partition coefficient (Wildman–Crippen LogP) is 2.93. The molecular formula is C12H18N2O4. The first-order valence-electron chi connectivity index (χ1n) is 6.06. The zero-order valence-corrected chi connectivity index (χ0v) is 10.2. The van der Waals surface area contributed by atoms with Crippen molar-refractivity contribution in [2.45, 2.75) is 44.6 Å². The molecule has 0 aliphatic rings. The average Bonchev–Trinajstić information content (AvgIpc) is 2.91. The summed E-state index contributed by atoms with van der Waals surface area (Å²) in [7, 11) is 0. The summed E-state index contributed by atoms with van der Waals surface area (Å²) >= 11 is 0. The number of carbonyl (C=O) groups is 1. The van der Waals surface area contributed by atoms with Crippen molar-refractivity contribution in [3.05, 3.63) is 29.1 Å². The number of furan rings is 1. The van der Waals surface area contributed by atoms with Crippen molar-refractivity contribution in [1.82, 2.24) is 5.48 Å². The first-order chi connectivity index (χ1) is 8.77. The molecule has 0 bridgehead atoms. The first kappa shape index (κ1) is 14.4. The van der Waals surface area contributed by atoms with E-state index in [1.54, 1.807) is 17.6 Å². The Labute approximate surface area is 105 Å². The summed E-state index contributed by atoms with van der Waals surface area (Å²) in [5.41, 5.74) is 1.59. The molecule has 1 rings (SSSR count). The van der Waals surface area contributed by atoms with Gasteiger partial charge in [0.15, 0.2) is 0 Å². The Morgan fingerprint density at radius 3 is 2.78 bits per heavy atom. The quantitative estimate of drug-likeness (QED) is 0.307. The Bertz CT molecular complexity index is 351. The Morgan fingerprint density at radius 1 is 1.39 bits per heavy atom. The molecule has 0 aliphatic carbocycles. The number of unbranched alkanes of at least 4 members (excludes halogenated alkanes) is 3. The van der Waals surface area contributed by atoms with E-state index in [0.717, 1.165) is 25.7 Å². The normalized spacial score (nSPS) is 12.1. The average molecular weight is 254 g/mol. The van der Waals surface area contributed by atoms with Crippen LogP contribution >= 0.6 is 0 Å². The molecule has 18 heavy (non-hydrogen) atoms. The molecule has 0 aromatic carbocycles. The van der Waals surface area contributed by atoms with Gasteiger partial charge in [-0.05, 0) is 25.0 Å². The number of hydrogen-bond acceptors (Lipinski definition) is 5. The summed E-state index contributed by atoms with van der Waals surface area (Å²) < 4.78 is 5.14. The predicted molar refractivity (Wildman–Crippen MR) is 64.9 cm³/mol. The van der Waals surface area contributed by atoms with Gasteiger partial charge in [-0.3, -0.25) is 10.0 Å². The van der Waals surface area contributed by atoms with Gasteiger partial charge in [-0.15, -0.1) is 0 Å². The highest BCUT2D eigenvalue weighted by molar-refractivity contribution is 5.74. The number of nitrogens with zero attached hydrogens (tertiary/aromatic N) is 1. The molecule has 1 unspecified atom stereocenters. The third kappa shape index (κ3) is 5.09. The molecule has 0 fully saturated rings. The maximum Gasteiger partial charge on any atom is 0.243 e. The molecule has 6 nitrogen and oxygen atoms in total. The van der Waals surface area contributed by atoms with E-state index in [4.69, 9.17) is 9.62 Å². The highest BCUT2D eigenvalue weighted by Crippen LogP contribution is 2.24. The van der Waals surface area contributed by atoms with Gasteiger partial charge in [0.2, 0.25) is 5.91 Å². The standard InChI is InChI=1S/C12H18N2O4/c15-12(14-17)8-4-2-1-3-6-10(13-16)11-7-5-9-18-11/h5,7,9-10,17H,1-4,6,8H2,(H,14,15). The summed E-state index contributed by atoms with van der Waals surface area (Å²) in [5, 5.41) is 11.3. The molecule has 100 valence electrons. The first-order valence-corrected chi connectivity index (χ1v) is 6.06. The summed E-state index contributed by atoms with van der Waals surface area (Å²) in [5.74, 6) is 0.239. The summed E-state index contributed by atoms with van der Waals surface area (Å²) in [6.07, 6.45) is 5.90. The lowest BCUT2D eigenvalue weighted by molar-refractivity contribution is -0.129. The second kappa shape index (κ2) is 8.41. The van der Waals surface area contributed by atoms with Gasteiger partial charge in [-0.2, -0.15) is 4.91 Å². The molecule has 1 amide bonds. The largest absolute Gasteiger partial charge is 0.467 e. The van der Waals surface area contributed by atoms with Crippen molar-refractivity contribution in [1.29, 1.82) is 0 Å². The van der Waals surface area contributed by atoms with Crippen LogP contribution in [0.15, 0.2) is 28.0 Å². The fraction of sp³-hybridized carbons (Fsp3) is 0.583. The van der Waals surface area contributed by atoms with Crippen LogP contribution in [0.25, 0.3) is 0 Å². The van der Waals surface area contributed by atoms with Crippen molar-refractivity contribution < 1.29 is 14.4 Å². The van der Waals surface area contributed by atoms with E-state index in [2.05, 4.69) is 5.18 Å². The van der Waals surface area contributed by atoms with E-state index in [9.17, 15) is 9.70 Å². The number of carbonyl (C=O) groups excluding carboxylic acids is 1. The zero-order valence-electron chi connectivity index (χ0n) is 10.2. The van der Waals surface area contributed by atoms with Crippen molar-refractivity contribution in [2.75, 3.05) is 0 Å². The number of nitrogens with one attached hydrogen (secondary N) is 1. The number of hydrogen-bond donors (Lipinski definition) is 2. The summed E-state index contributed by atoms with van der Waals surface area (Å²) in [4.78, 5) is 21.4. The van der Waals surface area contributed by atoms with Gasteiger partial charge < -0.3 is 4.42 Å². The van der Waals surface area contributed by atoms with Gasteiger partial charge in [0.05, 0.1) is 6.26 Å². The molecule has 2 N–H and O–H groups in total. The SMILES string of the molecule is O=NC(CCCCCCC(=O)NO)c1ccco1. The number of hydroxylamine groups is 1. The topological polar surface area (TPSA) is 91.9 Å². The van der Waals surface area contributed by atoms with E-state index in [1.165, 1.54) is 6.26 Å². The molecule has 6 heteroatoms. The Balaban J connectivity index is 2.10. The second-order valence-corrected chi connectivity index (χ2v) is 4.12. The van der Waals surface area contributed by atoms with Crippen molar-refractivity contribution in [3.63, 3.8) is 0 Å². The van der Waals surface area contributed by atoms with E-state index in [0.29, 0.717) is 18.6 Å². The van der Waals surface area contributed by atoms with Crippen LogP contribution in [-0.2, 0) is 4.79 Å². The van der Waals surface area contributed by atoms with Crippen LogP contribution in [0.4, 0.5) is 0 Å². The van der Waals surface area contributed by atoms with Gasteiger partial charge in [0.1, 0.15) is 11.8 Å². The Hall–Kier alpha value is -1.69. The number of rotatable bonds is 9. The minimum Gasteiger partial charge on any atom is -0.467 e. The van der Waals surface area contributed by atoms with E-state index >= 15 is 0 Å². The highest BCUT2D eigenvalue weighted by atomic mass is 16.5. The number of amides is 1. The third-order valence-corrected chi connectivity index (χ3v) is 2.75. The Morgan fingerprint density at radius 2 is 2.17 bits per heavy atom. The molecular weight excluding hydrogens is 236 g/mol. The van der Waals surface area contributed by atoms with Gasteiger partial charge in [0, 0.05) is 6.42 Å². The molecule has 1 aromatic rings. The van der Waals surface area contributed by atoms with Crippen LogP contribution in [0, 0.1) is 4.91 Å². The van der Waals surface area contributed by atoms with Crippen LogP contribution in [0.2, 0.25) is 0 Å². The van der Waals surface area contributed by atoms with Crippen molar-refractivity contribution in [2.24, 2.45) is 5.18 Å². The molecule has 1 heterocycles. The lowest BCUT2D eigenvalue weighted by Crippen LogP contribution is -2.17. The smallest absolute Gasteiger partial charge is 0.243 e. The zero-order chi connectivity index (χ0) is 13.2. The molecule has 0 saturated carbocycles. The number of nitroso groups, excluding NO2 is 1. The second-order valence-electron chi connectivity index (χ2n) is 4.12. The van der Waals surface area contributed by atoms with E-state index in [1.807, 2.05) is 0 Å². The van der Waals surface area contributed by atoms with Crippen molar-refractivity contribution >= 4 is 5.91 Å². The van der Waals surface area contributed by atoms with Crippen LogP contribution in [0.1, 0.15) is 50.3 Å². The third-order valence-electron chi connectivity index (χ3n) is 2.75. The molecule has 0 radical (unpaired) electrons. The fourth-order valence-corrected chi connectivity index (χ4v) is 1.76. The molecule has 1 atom stereocenters. The van der Waals surface area contributed by atoms with E-state index in [-0.39, 0.29) is 5.91 Å². The van der Waals surface area contributed by atoms with Crippen LogP contribution in [0.5, 0.6) is 0 Å². The van der Waals surface area contributed by atoms with Crippen molar-refractivity contribution in [3.8, 4) is 0 Å². The van der Waals surface area contributed by atoms with Gasteiger partial charge in [0.25, 0.3) is 0 Å². The minimum atomic E-state index is -0.416. The highest BCUT2D eigenvalue weighted by Gasteiger charge is 2.13. The lowest BCUT2D eigenvalue weighted by atomic mass is 10.1. The summed E-state index contributed by atoms with van der Waals surface area (Å²) in [6, 6.07) is 3.07. The fourth-order valence-electron chi connectivity index (χ4n) is 1.76. The minimum absolute atomic E-state index is 0.323. The monoisotopic (exact) mass is 254 g/mol.